The Morgan fingerprint density at radius 3 is 2.56 bits per heavy atom. The van der Waals surface area contributed by atoms with Crippen molar-refractivity contribution in [3.63, 3.8) is 0 Å². The van der Waals surface area contributed by atoms with Crippen molar-refractivity contribution in [1.82, 2.24) is 15.2 Å². The second kappa shape index (κ2) is 11.3. The Kier molecular flexibility index (Phi) is 8.70. The van der Waals surface area contributed by atoms with Crippen LogP contribution >= 0.6 is 35.5 Å². The van der Waals surface area contributed by atoms with E-state index in [0.717, 1.165) is 54.6 Å². The van der Waals surface area contributed by atoms with Crippen LogP contribution in [-0.2, 0) is 0 Å². The highest BCUT2D eigenvalue weighted by molar-refractivity contribution is 7.99. The van der Waals surface area contributed by atoms with Gasteiger partial charge in [0, 0.05) is 55.8 Å². The van der Waals surface area contributed by atoms with Crippen molar-refractivity contribution >= 4 is 56.8 Å². The monoisotopic (exact) mass is 498 g/mol. The molecule has 0 spiro atoms. The summed E-state index contributed by atoms with van der Waals surface area (Å²) in [5, 5.41) is 3.70. The second-order valence-electron chi connectivity index (χ2n) is 7.27. The number of thiazole rings is 1. The fraction of sp³-hybridized carbons (Fsp3) is 0.364. The molecule has 0 radical (unpaired) electrons. The molecule has 0 saturated carbocycles. The van der Waals surface area contributed by atoms with Gasteiger partial charge in [0.05, 0.1) is 4.70 Å². The Bertz CT molecular complexity index is 1060. The number of nitrogens with zero attached hydrogens (tertiary/aromatic N) is 3. The number of amides is 1. The number of benzene rings is 2. The van der Waals surface area contributed by atoms with Crippen molar-refractivity contribution in [2.45, 2.75) is 11.8 Å². The topological polar surface area (TPSA) is 48.5 Å². The summed E-state index contributed by atoms with van der Waals surface area (Å²) in [6.07, 6.45) is 0. The van der Waals surface area contributed by atoms with Gasteiger partial charge in [0.2, 0.25) is 0 Å². The van der Waals surface area contributed by atoms with E-state index in [0.29, 0.717) is 16.8 Å². The molecule has 1 amide bonds. The molecular formula is C22H25ClF2N4OS2. The third kappa shape index (κ3) is 5.89. The normalized spacial score (nSPS) is 14.4. The van der Waals surface area contributed by atoms with E-state index in [-0.39, 0.29) is 23.8 Å². The molecule has 0 atom stereocenters. The number of nitrogens with one attached hydrogen (secondary N) is 1. The smallest absolute Gasteiger partial charge is 0.251 e. The molecule has 1 aliphatic heterocycles. The summed E-state index contributed by atoms with van der Waals surface area (Å²) in [5.74, 6) is -0.253. The standard InChI is InChI=1S/C22H24F2N4OS2.ClH/c1-2-30-17-5-3-15(4-6-17)21(29)25-7-8-27-9-11-28(12-10-27)22-26-20-18(24)13-16(23)14-19(20)31-22;/h3-6,13-14H,2,7-12H2,1H3,(H,25,29);1H. The zero-order valence-electron chi connectivity index (χ0n) is 17.6. The summed E-state index contributed by atoms with van der Waals surface area (Å²) >= 11 is 3.07. The Hall–Kier alpha value is -1.94. The van der Waals surface area contributed by atoms with E-state index >= 15 is 0 Å². The van der Waals surface area contributed by atoms with Gasteiger partial charge in [0.15, 0.2) is 10.9 Å². The van der Waals surface area contributed by atoms with E-state index in [1.165, 1.54) is 17.4 Å². The Labute approximate surface area is 200 Å². The van der Waals surface area contributed by atoms with E-state index in [1.54, 1.807) is 11.8 Å². The van der Waals surface area contributed by atoms with Crippen LogP contribution < -0.4 is 10.2 Å². The molecule has 2 aromatic carbocycles. The summed E-state index contributed by atoms with van der Waals surface area (Å²) < 4.78 is 27.9. The zero-order chi connectivity index (χ0) is 21.8. The van der Waals surface area contributed by atoms with Gasteiger partial charge in [-0.1, -0.05) is 18.3 Å². The lowest BCUT2D eigenvalue weighted by Crippen LogP contribution is -2.48. The predicted molar refractivity (Wildman–Crippen MR) is 131 cm³/mol. The Morgan fingerprint density at radius 2 is 1.88 bits per heavy atom. The van der Waals surface area contributed by atoms with Crippen LogP contribution in [0.4, 0.5) is 13.9 Å². The molecule has 5 nitrogen and oxygen atoms in total. The third-order valence-corrected chi connectivity index (χ3v) is 7.14. The number of halogens is 3. The predicted octanol–water partition coefficient (Wildman–Crippen LogP) is 4.66. The van der Waals surface area contributed by atoms with E-state index in [2.05, 4.69) is 27.0 Å². The average Bonchev–Trinajstić information content (AvgIpc) is 3.19. The highest BCUT2D eigenvalue weighted by Crippen LogP contribution is 2.31. The van der Waals surface area contributed by atoms with Crippen LogP contribution in [-0.4, -0.2) is 60.8 Å². The van der Waals surface area contributed by atoms with Gasteiger partial charge in [-0.2, -0.15) is 0 Å². The lowest BCUT2D eigenvalue weighted by Gasteiger charge is -2.34. The molecular weight excluding hydrogens is 474 g/mol. The van der Waals surface area contributed by atoms with Crippen molar-refractivity contribution in [3.05, 3.63) is 53.6 Å². The summed E-state index contributed by atoms with van der Waals surface area (Å²) in [4.78, 5) is 22.2. The quantitative estimate of drug-likeness (QED) is 0.480. The van der Waals surface area contributed by atoms with Gasteiger partial charge in [-0.05, 0) is 36.1 Å². The SMILES string of the molecule is CCSc1ccc(C(=O)NCCN2CCN(c3nc4c(F)cc(F)cc4s3)CC2)cc1.Cl. The molecule has 1 N–H and O–H groups in total. The number of thioether (sulfide) groups is 1. The number of carbonyl (C=O) groups excluding carboxylic acids is 1. The first kappa shape index (κ1) is 24.7. The second-order valence-corrected chi connectivity index (χ2v) is 9.62. The van der Waals surface area contributed by atoms with Gasteiger partial charge in [-0.25, -0.2) is 13.8 Å². The number of carbonyl (C=O) groups is 1. The minimum absolute atomic E-state index is 0. The number of hydrogen-bond acceptors (Lipinski definition) is 6. The fourth-order valence-electron chi connectivity index (χ4n) is 3.54. The molecule has 0 aliphatic carbocycles. The molecule has 0 unspecified atom stereocenters. The molecule has 0 bridgehead atoms. The van der Waals surface area contributed by atoms with E-state index in [4.69, 9.17) is 0 Å². The highest BCUT2D eigenvalue weighted by Gasteiger charge is 2.21. The minimum Gasteiger partial charge on any atom is -0.351 e. The lowest BCUT2D eigenvalue weighted by molar-refractivity contribution is 0.0947. The van der Waals surface area contributed by atoms with Crippen molar-refractivity contribution < 1.29 is 13.6 Å². The van der Waals surface area contributed by atoms with Crippen LogP contribution in [0.25, 0.3) is 10.2 Å². The van der Waals surface area contributed by atoms with Gasteiger partial charge in [-0.15, -0.1) is 24.2 Å². The minimum atomic E-state index is -0.620. The number of hydrogen-bond donors (Lipinski definition) is 1. The van der Waals surface area contributed by atoms with Crippen molar-refractivity contribution in [1.29, 1.82) is 0 Å². The summed E-state index contributed by atoms with van der Waals surface area (Å²) in [5.41, 5.74) is 0.901. The number of rotatable bonds is 7. The lowest BCUT2D eigenvalue weighted by atomic mass is 10.2. The van der Waals surface area contributed by atoms with E-state index in [1.807, 2.05) is 24.3 Å². The molecule has 10 heteroatoms. The van der Waals surface area contributed by atoms with Crippen molar-refractivity contribution in [2.75, 3.05) is 49.9 Å². The van der Waals surface area contributed by atoms with Gasteiger partial charge in [0.1, 0.15) is 11.3 Å². The van der Waals surface area contributed by atoms with Gasteiger partial charge in [0.25, 0.3) is 5.91 Å². The fourth-order valence-corrected chi connectivity index (χ4v) is 5.26. The first-order chi connectivity index (χ1) is 15.0. The number of aromatic nitrogens is 1. The van der Waals surface area contributed by atoms with E-state index in [9.17, 15) is 13.6 Å². The maximum absolute atomic E-state index is 13.9. The van der Waals surface area contributed by atoms with Crippen LogP contribution in [0.2, 0.25) is 0 Å². The number of anilines is 1. The maximum atomic E-state index is 13.9. The molecule has 1 saturated heterocycles. The highest BCUT2D eigenvalue weighted by atomic mass is 35.5. The maximum Gasteiger partial charge on any atom is 0.251 e. The van der Waals surface area contributed by atoms with Crippen LogP contribution in [0.5, 0.6) is 0 Å². The largest absolute Gasteiger partial charge is 0.351 e. The number of piperazine rings is 1. The Balaban J connectivity index is 0.00000289. The van der Waals surface area contributed by atoms with E-state index < -0.39 is 11.6 Å². The van der Waals surface area contributed by atoms with Crippen LogP contribution in [0.3, 0.4) is 0 Å². The molecule has 1 aromatic heterocycles. The Morgan fingerprint density at radius 1 is 1.16 bits per heavy atom. The summed E-state index contributed by atoms with van der Waals surface area (Å²) in [6, 6.07) is 9.87. The average molecular weight is 499 g/mol. The third-order valence-electron chi connectivity index (χ3n) is 5.19. The molecule has 3 aromatic rings. The van der Waals surface area contributed by atoms with Gasteiger partial charge < -0.3 is 10.2 Å². The zero-order valence-corrected chi connectivity index (χ0v) is 20.1. The van der Waals surface area contributed by atoms with Crippen LogP contribution in [0.1, 0.15) is 17.3 Å². The summed E-state index contributed by atoms with van der Waals surface area (Å²) in [7, 11) is 0. The molecule has 2 heterocycles. The van der Waals surface area contributed by atoms with Crippen LogP contribution in [0, 0.1) is 11.6 Å². The first-order valence-electron chi connectivity index (χ1n) is 10.3. The van der Waals surface area contributed by atoms with Crippen LogP contribution in [0.15, 0.2) is 41.3 Å². The molecule has 4 rings (SSSR count). The molecule has 32 heavy (non-hydrogen) atoms. The summed E-state index contributed by atoms with van der Waals surface area (Å²) in [6.45, 7) is 6.62. The van der Waals surface area contributed by atoms with Crippen molar-refractivity contribution in [3.8, 4) is 0 Å². The first-order valence-corrected chi connectivity index (χ1v) is 12.1. The van der Waals surface area contributed by atoms with Gasteiger partial charge >= 0.3 is 0 Å². The van der Waals surface area contributed by atoms with Crippen molar-refractivity contribution in [2.24, 2.45) is 0 Å². The molecule has 1 fully saturated rings. The molecule has 1 aliphatic rings. The number of fused-ring (bicyclic) bond motifs is 1. The molecule has 172 valence electrons. The van der Waals surface area contributed by atoms with Gasteiger partial charge in [-0.3, -0.25) is 9.69 Å².